The van der Waals surface area contributed by atoms with Crippen LogP contribution in [-0.2, 0) is 23.9 Å². The fourth-order valence-corrected chi connectivity index (χ4v) is 3.25. The average molecular weight is 438 g/mol. The standard InChI is InChI=1S/C25H43NO5/c1-6-7-8-9-10-11-13-16-20(2)17-14-12-15-18-25(31-23(5)29)24(26-21(3)27)19-30-22(4)28/h15,17-18,24-25H,6-14,16,19H2,1-5H3,(H,26,27). The minimum atomic E-state index is -0.696. The Hall–Kier alpha value is -2.11. The number of unbranched alkanes of at least 4 members (excludes halogenated alkanes) is 7. The number of carbonyl (C=O) groups excluding carboxylic acids is 3. The zero-order valence-corrected chi connectivity index (χ0v) is 20.2. The third kappa shape index (κ3) is 18.4. The summed E-state index contributed by atoms with van der Waals surface area (Å²) < 4.78 is 10.3. The van der Waals surface area contributed by atoms with Gasteiger partial charge in [0.05, 0.1) is 0 Å². The first-order valence-corrected chi connectivity index (χ1v) is 11.7. The van der Waals surface area contributed by atoms with Crippen molar-refractivity contribution < 1.29 is 23.9 Å². The summed E-state index contributed by atoms with van der Waals surface area (Å²) in [4.78, 5) is 34.1. The smallest absolute Gasteiger partial charge is 0.303 e. The van der Waals surface area contributed by atoms with E-state index in [1.807, 2.05) is 6.08 Å². The van der Waals surface area contributed by atoms with E-state index in [1.165, 1.54) is 71.3 Å². The molecule has 0 radical (unpaired) electrons. The van der Waals surface area contributed by atoms with Gasteiger partial charge in [-0.15, -0.1) is 0 Å². The van der Waals surface area contributed by atoms with Crippen molar-refractivity contribution in [3.63, 3.8) is 0 Å². The van der Waals surface area contributed by atoms with E-state index in [0.29, 0.717) is 0 Å². The molecule has 0 bridgehead atoms. The van der Waals surface area contributed by atoms with E-state index in [9.17, 15) is 14.4 Å². The fourth-order valence-electron chi connectivity index (χ4n) is 3.25. The Morgan fingerprint density at radius 1 is 0.871 bits per heavy atom. The van der Waals surface area contributed by atoms with Crippen LogP contribution in [0.15, 0.2) is 23.8 Å². The molecular formula is C25H43NO5. The SMILES string of the molecule is CCCCCCCCCC(C)=CCCC=CC(OC(C)=O)C(COC(C)=O)NC(C)=O. The van der Waals surface area contributed by atoms with Gasteiger partial charge < -0.3 is 14.8 Å². The van der Waals surface area contributed by atoms with E-state index < -0.39 is 24.1 Å². The molecule has 0 fully saturated rings. The lowest BCUT2D eigenvalue weighted by molar-refractivity contribution is -0.149. The van der Waals surface area contributed by atoms with E-state index in [1.54, 1.807) is 6.08 Å². The minimum Gasteiger partial charge on any atom is -0.464 e. The molecule has 0 aliphatic rings. The summed E-state index contributed by atoms with van der Waals surface area (Å²) >= 11 is 0. The van der Waals surface area contributed by atoms with Gasteiger partial charge in [0.15, 0.2) is 0 Å². The highest BCUT2D eigenvalue weighted by atomic mass is 16.6. The molecule has 31 heavy (non-hydrogen) atoms. The van der Waals surface area contributed by atoms with Crippen LogP contribution in [0, 0.1) is 0 Å². The molecule has 2 unspecified atom stereocenters. The molecule has 0 aliphatic heterocycles. The molecular weight excluding hydrogens is 394 g/mol. The number of nitrogens with one attached hydrogen (secondary N) is 1. The molecule has 0 heterocycles. The fraction of sp³-hybridized carbons (Fsp3) is 0.720. The van der Waals surface area contributed by atoms with Crippen molar-refractivity contribution in [1.29, 1.82) is 0 Å². The van der Waals surface area contributed by atoms with Crippen LogP contribution in [0.3, 0.4) is 0 Å². The quantitative estimate of drug-likeness (QED) is 0.187. The van der Waals surface area contributed by atoms with Crippen molar-refractivity contribution in [2.45, 2.75) is 111 Å². The van der Waals surface area contributed by atoms with Crippen LogP contribution < -0.4 is 5.32 Å². The molecule has 6 nitrogen and oxygen atoms in total. The first kappa shape index (κ1) is 28.9. The maximum Gasteiger partial charge on any atom is 0.303 e. The number of carbonyl (C=O) groups is 3. The maximum absolute atomic E-state index is 11.5. The van der Waals surface area contributed by atoms with Crippen LogP contribution >= 0.6 is 0 Å². The normalized spacial score (nSPS) is 13.6. The van der Waals surface area contributed by atoms with Crippen LogP contribution in [-0.4, -0.2) is 36.6 Å². The van der Waals surface area contributed by atoms with Gasteiger partial charge in [-0.2, -0.15) is 0 Å². The Bertz CT molecular complexity index is 582. The molecule has 6 heteroatoms. The molecule has 0 aliphatic carbocycles. The number of hydrogen-bond acceptors (Lipinski definition) is 5. The molecule has 1 amide bonds. The Kier molecular flexibility index (Phi) is 17.4. The monoisotopic (exact) mass is 437 g/mol. The van der Waals surface area contributed by atoms with Gasteiger partial charge >= 0.3 is 11.9 Å². The van der Waals surface area contributed by atoms with Crippen molar-refractivity contribution >= 4 is 17.8 Å². The summed E-state index contributed by atoms with van der Waals surface area (Å²) in [6.07, 6.45) is 17.3. The summed E-state index contributed by atoms with van der Waals surface area (Å²) in [7, 11) is 0. The molecule has 0 rings (SSSR count). The molecule has 0 saturated heterocycles. The third-order valence-corrected chi connectivity index (χ3v) is 4.88. The van der Waals surface area contributed by atoms with Gasteiger partial charge in [0.2, 0.25) is 5.91 Å². The van der Waals surface area contributed by atoms with Gasteiger partial charge in [-0.05, 0) is 38.7 Å². The summed E-state index contributed by atoms with van der Waals surface area (Å²) in [6.45, 7) is 8.33. The number of allylic oxidation sites excluding steroid dienone is 3. The summed E-state index contributed by atoms with van der Waals surface area (Å²) in [5.41, 5.74) is 1.41. The van der Waals surface area contributed by atoms with Gasteiger partial charge in [-0.25, -0.2) is 0 Å². The second kappa shape index (κ2) is 18.6. The molecule has 0 aromatic carbocycles. The number of rotatable bonds is 17. The molecule has 0 spiro atoms. The van der Waals surface area contributed by atoms with Crippen LogP contribution in [0.25, 0.3) is 0 Å². The molecule has 0 aromatic heterocycles. The molecule has 0 aromatic rings. The highest BCUT2D eigenvalue weighted by molar-refractivity contribution is 5.73. The number of esters is 2. The topological polar surface area (TPSA) is 81.7 Å². The number of ether oxygens (including phenoxy) is 2. The van der Waals surface area contributed by atoms with Gasteiger partial charge in [0, 0.05) is 20.8 Å². The van der Waals surface area contributed by atoms with Crippen LogP contribution in [0.5, 0.6) is 0 Å². The van der Waals surface area contributed by atoms with Crippen molar-refractivity contribution in [1.82, 2.24) is 5.32 Å². The van der Waals surface area contributed by atoms with Crippen LogP contribution in [0.4, 0.5) is 0 Å². The second-order valence-corrected chi connectivity index (χ2v) is 8.11. The van der Waals surface area contributed by atoms with Crippen LogP contribution in [0.2, 0.25) is 0 Å². The Morgan fingerprint density at radius 3 is 2.10 bits per heavy atom. The van der Waals surface area contributed by atoms with Crippen molar-refractivity contribution in [3.8, 4) is 0 Å². The summed E-state index contributed by atoms with van der Waals surface area (Å²) in [5.74, 6) is -1.20. The predicted molar refractivity (Wildman–Crippen MR) is 125 cm³/mol. The van der Waals surface area contributed by atoms with Gasteiger partial charge in [0.1, 0.15) is 18.8 Å². The lowest BCUT2D eigenvalue weighted by Gasteiger charge is -2.24. The highest BCUT2D eigenvalue weighted by Gasteiger charge is 2.24. The molecule has 0 saturated carbocycles. The number of hydrogen-bond donors (Lipinski definition) is 1. The molecule has 1 N–H and O–H groups in total. The number of amides is 1. The largest absolute Gasteiger partial charge is 0.464 e. The Balaban J connectivity index is 4.50. The van der Waals surface area contributed by atoms with Crippen molar-refractivity contribution in [2.24, 2.45) is 0 Å². The first-order chi connectivity index (χ1) is 14.8. The lowest BCUT2D eigenvalue weighted by atomic mass is 10.0. The predicted octanol–water partition coefficient (Wildman–Crippen LogP) is 5.41. The Morgan fingerprint density at radius 2 is 1.52 bits per heavy atom. The van der Waals surface area contributed by atoms with E-state index in [4.69, 9.17) is 9.47 Å². The zero-order chi connectivity index (χ0) is 23.5. The van der Waals surface area contributed by atoms with E-state index >= 15 is 0 Å². The van der Waals surface area contributed by atoms with Gasteiger partial charge in [-0.3, -0.25) is 14.4 Å². The van der Waals surface area contributed by atoms with E-state index in [0.717, 1.165) is 19.3 Å². The van der Waals surface area contributed by atoms with E-state index in [2.05, 4.69) is 25.2 Å². The average Bonchev–Trinajstić information content (AvgIpc) is 2.68. The van der Waals surface area contributed by atoms with Gasteiger partial charge in [-0.1, -0.05) is 63.2 Å². The van der Waals surface area contributed by atoms with Crippen molar-refractivity contribution in [3.05, 3.63) is 23.8 Å². The molecule has 2 atom stereocenters. The highest BCUT2D eigenvalue weighted by Crippen LogP contribution is 2.13. The summed E-state index contributed by atoms with van der Waals surface area (Å²) in [5, 5.41) is 2.69. The van der Waals surface area contributed by atoms with Crippen LogP contribution in [0.1, 0.15) is 98.8 Å². The third-order valence-electron chi connectivity index (χ3n) is 4.88. The van der Waals surface area contributed by atoms with Crippen molar-refractivity contribution in [2.75, 3.05) is 6.61 Å². The van der Waals surface area contributed by atoms with Gasteiger partial charge in [0.25, 0.3) is 0 Å². The Labute approximate surface area is 188 Å². The summed E-state index contributed by atoms with van der Waals surface area (Å²) in [6, 6.07) is -0.629. The second-order valence-electron chi connectivity index (χ2n) is 8.11. The molecule has 178 valence electrons. The zero-order valence-electron chi connectivity index (χ0n) is 20.2. The minimum absolute atomic E-state index is 0.0609. The first-order valence-electron chi connectivity index (χ1n) is 11.7. The lowest BCUT2D eigenvalue weighted by Crippen LogP contribution is -2.46. The van der Waals surface area contributed by atoms with E-state index in [-0.39, 0.29) is 12.5 Å². The maximum atomic E-state index is 11.5.